The minimum absolute atomic E-state index is 0. The fraction of sp³-hybridized carbons (Fsp3) is 0.895. The number of ether oxygens (including phenoxy) is 1. The predicted octanol–water partition coefficient (Wildman–Crippen LogP) is 2.58. The van der Waals surface area contributed by atoms with Crippen molar-refractivity contribution in [2.24, 2.45) is 16.8 Å². The van der Waals surface area contributed by atoms with Gasteiger partial charge in [0, 0.05) is 25.7 Å². The summed E-state index contributed by atoms with van der Waals surface area (Å²) in [4.78, 5) is 21.4. The Labute approximate surface area is 176 Å². The lowest BCUT2D eigenvalue weighted by Crippen LogP contribution is -2.47. The number of methoxy groups -OCH3 is 1. The smallest absolute Gasteiger partial charge is 0.308 e. The number of likely N-dealkylation sites (tertiary alicyclic amines) is 2. The maximum Gasteiger partial charge on any atom is 0.308 e. The molecule has 1 unspecified atom stereocenters. The Morgan fingerprint density at radius 1 is 1.19 bits per heavy atom. The quantitative estimate of drug-likeness (QED) is 0.284. The molecule has 2 aliphatic heterocycles. The lowest BCUT2D eigenvalue weighted by molar-refractivity contribution is -0.146. The summed E-state index contributed by atoms with van der Waals surface area (Å²) >= 11 is 0. The van der Waals surface area contributed by atoms with Crippen LogP contribution in [0.5, 0.6) is 0 Å². The summed E-state index contributed by atoms with van der Waals surface area (Å²) in [6, 6.07) is 0.480. The molecule has 26 heavy (non-hydrogen) atoms. The first-order valence-corrected chi connectivity index (χ1v) is 9.90. The number of aliphatic imine (C=N–C) groups is 1. The second-order valence-electron chi connectivity index (χ2n) is 7.55. The van der Waals surface area contributed by atoms with Crippen LogP contribution in [0.4, 0.5) is 0 Å². The zero-order valence-electron chi connectivity index (χ0n) is 16.9. The topological polar surface area (TPSA) is 57.2 Å². The average molecular weight is 480 g/mol. The number of hydrogen-bond acceptors (Lipinski definition) is 4. The van der Waals surface area contributed by atoms with Crippen LogP contribution in [0.3, 0.4) is 0 Å². The molecule has 0 aromatic carbocycles. The first kappa shape index (κ1) is 23.5. The van der Waals surface area contributed by atoms with E-state index in [0.717, 1.165) is 50.9 Å². The molecule has 152 valence electrons. The molecule has 2 rings (SSSR count). The van der Waals surface area contributed by atoms with Crippen LogP contribution in [0.15, 0.2) is 4.99 Å². The Kier molecular flexibility index (Phi) is 10.8. The van der Waals surface area contributed by atoms with E-state index in [9.17, 15) is 4.79 Å². The van der Waals surface area contributed by atoms with Gasteiger partial charge >= 0.3 is 5.97 Å². The molecule has 0 bridgehead atoms. The van der Waals surface area contributed by atoms with Crippen molar-refractivity contribution >= 4 is 35.9 Å². The van der Waals surface area contributed by atoms with E-state index in [1.165, 1.54) is 33.0 Å². The van der Waals surface area contributed by atoms with Gasteiger partial charge in [0.25, 0.3) is 0 Å². The highest BCUT2D eigenvalue weighted by Crippen LogP contribution is 2.20. The third kappa shape index (κ3) is 6.87. The standard InChI is InChI=1S/C19H36N4O2.HI/c1-5-20-19(23-12-8-17(9-13-23)18(24)25-4)21-14-16(3)22-10-6-15(2)7-11-22;/h15-17H,5-14H2,1-4H3,(H,20,21);1H. The third-order valence-corrected chi connectivity index (χ3v) is 5.61. The predicted molar refractivity (Wildman–Crippen MR) is 117 cm³/mol. The van der Waals surface area contributed by atoms with Crippen molar-refractivity contribution in [3.05, 3.63) is 0 Å². The second kappa shape index (κ2) is 12.0. The number of hydrogen-bond donors (Lipinski definition) is 1. The Morgan fingerprint density at radius 2 is 1.81 bits per heavy atom. The largest absolute Gasteiger partial charge is 0.469 e. The van der Waals surface area contributed by atoms with Gasteiger partial charge in [-0.2, -0.15) is 0 Å². The molecule has 1 atom stereocenters. The van der Waals surface area contributed by atoms with E-state index in [1.54, 1.807) is 0 Å². The van der Waals surface area contributed by atoms with Crippen LogP contribution in [0, 0.1) is 11.8 Å². The molecule has 0 aromatic rings. The van der Waals surface area contributed by atoms with Crippen LogP contribution in [-0.4, -0.2) is 74.1 Å². The summed E-state index contributed by atoms with van der Waals surface area (Å²) in [5.41, 5.74) is 0. The molecule has 7 heteroatoms. The molecule has 6 nitrogen and oxygen atoms in total. The molecule has 2 saturated heterocycles. The van der Waals surface area contributed by atoms with Crippen LogP contribution in [0.25, 0.3) is 0 Å². The number of rotatable bonds is 5. The number of carbonyl (C=O) groups excluding carboxylic acids is 1. The van der Waals surface area contributed by atoms with E-state index in [1.807, 2.05) is 0 Å². The van der Waals surface area contributed by atoms with Crippen LogP contribution < -0.4 is 5.32 Å². The molecule has 1 N–H and O–H groups in total. The maximum absolute atomic E-state index is 11.7. The SMILES string of the molecule is CCNC(=NCC(C)N1CCC(C)CC1)N1CCC(C(=O)OC)CC1.I. The van der Waals surface area contributed by atoms with Crippen LogP contribution >= 0.6 is 24.0 Å². The van der Waals surface area contributed by atoms with Gasteiger partial charge in [-0.3, -0.25) is 14.7 Å². The van der Waals surface area contributed by atoms with Crippen molar-refractivity contribution in [2.45, 2.75) is 52.5 Å². The number of piperidine rings is 2. The molecule has 0 spiro atoms. The average Bonchev–Trinajstić information content (AvgIpc) is 2.65. The Bertz CT molecular complexity index is 445. The summed E-state index contributed by atoms with van der Waals surface area (Å²) in [6.07, 6.45) is 4.29. The number of guanidine groups is 1. The molecule has 2 fully saturated rings. The molecular weight excluding hydrogens is 443 g/mol. The van der Waals surface area contributed by atoms with Crippen molar-refractivity contribution in [1.82, 2.24) is 15.1 Å². The molecule has 0 amide bonds. The fourth-order valence-corrected chi connectivity index (χ4v) is 3.72. The minimum atomic E-state index is -0.0745. The zero-order valence-corrected chi connectivity index (χ0v) is 19.2. The summed E-state index contributed by atoms with van der Waals surface area (Å²) in [5.74, 6) is 1.82. The van der Waals surface area contributed by atoms with Gasteiger partial charge in [-0.1, -0.05) is 6.92 Å². The van der Waals surface area contributed by atoms with Gasteiger partial charge in [-0.25, -0.2) is 0 Å². The molecule has 0 aromatic heterocycles. The second-order valence-corrected chi connectivity index (χ2v) is 7.55. The normalized spacial score (nSPS) is 21.8. The van der Waals surface area contributed by atoms with E-state index in [-0.39, 0.29) is 35.9 Å². The lowest BCUT2D eigenvalue weighted by Gasteiger charge is -2.35. The highest BCUT2D eigenvalue weighted by molar-refractivity contribution is 14.0. The first-order valence-electron chi connectivity index (χ1n) is 9.90. The van der Waals surface area contributed by atoms with Gasteiger partial charge < -0.3 is 15.0 Å². The molecule has 2 heterocycles. The fourth-order valence-electron chi connectivity index (χ4n) is 3.72. The summed E-state index contributed by atoms with van der Waals surface area (Å²) in [5, 5.41) is 3.42. The summed E-state index contributed by atoms with van der Waals surface area (Å²) in [7, 11) is 1.48. The maximum atomic E-state index is 11.7. The number of nitrogens with one attached hydrogen (secondary N) is 1. The van der Waals surface area contributed by atoms with E-state index in [2.05, 4.69) is 35.9 Å². The lowest BCUT2D eigenvalue weighted by atomic mass is 9.97. The van der Waals surface area contributed by atoms with E-state index in [4.69, 9.17) is 9.73 Å². The Morgan fingerprint density at radius 3 is 2.35 bits per heavy atom. The van der Waals surface area contributed by atoms with Crippen LogP contribution in [0.2, 0.25) is 0 Å². The minimum Gasteiger partial charge on any atom is -0.469 e. The van der Waals surface area contributed by atoms with E-state index >= 15 is 0 Å². The molecule has 0 radical (unpaired) electrons. The van der Waals surface area contributed by atoms with E-state index in [0.29, 0.717) is 6.04 Å². The van der Waals surface area contributed by atoms with Crippen molar-refractivity contribution in [2.75, 3.05) is 46.4 Å². The highest BCUT2D eigenvalue weighted by atomic mass is 127. The van der Waals surface area contributed by atoms with Gasteiger partial charge in [0.1, 0.15) is 0 Å². The first-order chi connectivity index (χ1) is 12.0. The molecule has 2 aliphatic rings. The Balaban J connectivity index is 0.00000338. The third-order valence-electron chi connectivity index (χ3n) is 5.61. The number of esters is 1. The highest BCUT2D eigenvalue weighted by Gasteiger charge is 2.27. The molecule has 0 aliphatic carbocycles. The van der Waals surface area contributed by atoms with Gasteiger partial charge in [0.05, 0.1) is 19.6 Å². The van der Waals surface area contributed by atoms with Crippen LogP contribution in [0.1, 0.15) is 46.5 Å². The van der Waals surface area contributed by atoms with Crippen molar-refractivity contribution in [3.8, 4) is 0 Å². The monoisotopic (exact) mass is 480 g/mol. The van der Waals surface area contributed by atoms with Gasteiger partial charge in [-0.05, 0) is 58.5 Å². The van der Waals surface area contributed by atoms with Gasteiger partial charge in [-0.15, -0.1) is 24.0 Å². The van der Waals surface area contributed by atoms with Crippen molar-refractivity contribution < 1.29 is 9.53 Å². The number of carbonyl (C=O) groups is 1. The zero-order chi connectivity index (χ0) is 18.2. The summed E-state index contributed by atoms with van der Waals surface area (Å²) < 4.78 is 4.88. The van der Waals surface area contributed by atoms with Gasteiger partial charge in [0.15, 0.2) is 5.96 Å². The Hall–Kier alpha value is -0.570. The van der Waals surface area contributed by atoms with Gasteiger partial charge in [0.2, 0.25) is 0 Å². The molecular formula is C19H37IN4O2. The van der Waals surface area contributed by atoms with E-state index < -0.39 is 0 Å². The van der Waals surface area contributed by atoms with Crippen LogP contribution in [-0.2, 0) is 9.53 Å². The molecule has 0 saturated carbocycles. The van der Waals surface area contributed by atoms with Crippen molar-refractivity contribution in [1.29, 1.82) is 0 Å². The number of nitrogens with zero attached hydrogens (tertiary/aromatic N) is 3. The van der Waals surface area contributed by atoms with Crippen molar-refractivity contribution in [3.63, 3.8) is 0 Å². The number of halogens is 1. The summed E-state index contributed by atoms with van der Waals surface area (Å²) in [6.45, 7) is 12.5.